The minimum absolute atomic E-state index is 0. The Morgan fingerprint density at radius 3 is 1.53 bits per heavy atom. The topological polar surface area (TPSA) is 202 Å². The molecule has 0 fully saturated rings. The molecule has 3 N–H and O–H groups in total. The molecule has 5 aromatic carbocycles. The van der Waals surface area contributed by atoms with Crippen molar-refractivity contribution in [2.45, 2.75) is 14.7 Å². The van der Waals surface area contributed by atoms with Crippen molar-refractivity contribution in [1.29, 1.82) is 0 Å². The molecule has 45 heavy (non-hydrogen) atoms. The quantitative estimate of drug-likeness (QED) is 0.139. The standard InChI is InChI=1S/C27H20ClN3O9S3.2Na/c28-25-10-7-22(15-26(25)43(38,39)40)31-41(33,34)23-8-3-16-1-5-20(11-18(16)13-23)29-27(32)30-21-6-2-17-4-9-24(42(35,36)37)14-19(17)12-21;;/h1-15,31H,(H2,29,30,32)(H,35,36,37)(H,38,39,40);;/q;2*+1/p-2. The van der Waals surface area contributed by atoms with Gasteiger partial charge in [0.2, 0.25) is 0 Å². The van der Waals surface area contributed by atoms with Crippen molar-refractivity contribution < 1.29 is 98.3 Å². The van der Waals surface area contributed by atoms with E-state index in [1.54, 1.807) is 24.3 Å². The van der Waals surface area contributed by atoms with Crippen molar-refractivity contribution in [3.8, 4) is 0 Å². The van der Waals surface area contributed by atoms with Gasteiger partial charge in [-0.3, -0.25) is 4.72 Å². The maximum atomic E-state index is 13.0. The summed E-state index contributed by atoms with van der Waals surface area (Å²) in [6.07, 6.45) is 0. The van der Waals surface area contributed by atoms with Gasteiger partial charge in [-0.2, -0.15) is 0 Å². The van der Waals surface area contributed by atoms with Crippen molar-refractivity contribution in [3.63, 3.8) is 0 Å². The van der Waals surface area contributed by atoms with Crippen LogP contribution in [0.25, 0.3) is 21.5 Å². The third-order valence-electron chi connectivity index (χ3n) is 6.19. The summed E-state index contributed by atoms with van der Waals surface area (Å²) < 4.78 is 96.5. The smallest absolute Gasteiger partial charge is 0.744 e. The first-order chi connectivity index (χ1) is 20.1. The molecule has 5 aromatic rings. The second-order valence-corrected chi connectivity index (χ2v) is 14.0. The minimum atomic E-state index is -4.95. The van der Waals surface area contributed by atoms with Crippen LogP contribution in [-0.2, 0) is 30.3 Å². The molecule has 0 heterocycles. The van der Waals surface area contributed by atoms with E-state index < -0.39 is 46.1 Å². The first-order valence-corrected chi connectivity index (χ1v) is 16.7. The predicted molar refractivity (Wildman–Crippen MR) is 159 cm³/mol. The van der Waals surface area contributed by atoms with E-state index in [0.29, 0.717) is 32.9 Å². The molecule has 12 nitrogen and oxygen atoms in total. The molecule has 2 amide bonds. The first kappa shape index (κ1) is 37.2. The van der Waals surface area contributed by atoms with Crippen LogP contribution in [-0.4, -0.2) is 40.4 Å². The number of fused-ring (bicyclic) bond motifs is 2. The molecule has 18 heteroatoms. The number of sulfonamides is 1. The van der Waals surface area contributed by atoms with E-state index in [9.17, 15) is 39.2 Å². The molecule has 0 saturated carbocycles. The van der Waals surface area contributed by atoms with Crippen LogP contribution >= 0.6 is 11.6 Å². The summed E-state index contributed by atoms with van der Waals surface area (Å²) in [5.41, 5.74) is 0.447. The van der Waals surface area contributed by atoms with E-state index in [2.05, 4.69) is 15.4 Å². The van der Waals surface area contributed by atoms with Gasteiger partial charge in [-0.15, -0.1) is 0 Å². The Morgan fingerprint density at radius 1 is 0.556 bits per heavy atom. The van der Waals surface area contributed by atoms with Gasteiger partial charge in [0, 0.05) is 11.4 Å². The Kier molecular flexibility index (Phi) is 11.8. The number of halogens is 1. The zero-order valence-electron chi connectivity index (χ0n) is 23.4. The summed E-state index contributed by atoms with van der Waals surface area (Å²) >= 11 is 5.75. The van der Waals surface area contributed by atoms with Crippen molar-refractivity contribution in [1.82, 2.24) is 0 Å². The summed E-state index contributed by atoms with van der Waals surface area (Å²) in [4.78, 5) is 11.3. The van der Waals surface area contributed by atoms with E-state index in [0.717, 1.165) is 12.1 Å². The van der Waals surface area contributed by atoms with Crippen LogP contribution in [0.5, 0.6) is 0 Å². The summed E-state index contributed by atoms with van der Waals surface area (Å²) in [6.45, 7) is 0. The van der Waals surface area contributed by atoms with Gasteiger partial charge >= 0.3 is 65.1 Å². The number of anilines is 3. The third-order valence-corrected chi connectivity index (χ3v) is 9.72. The van der Waals surface area contributed by atoms with Crippen LogP contribution in [0.15, 0.2) is 106 Å². The zero-order valence-corrected chi connectivity index (χ0v) is 30.6. The molecule has 0 atom stereocenters. The van der Waals surface area contributed by atoms with Gasteiger partial charge in [-0.1, -0.05) is 35.9 Å². The van der Waals surface area contributed by atoms with Crippen molar-refractivity contribution in [2.75, 3.05) is 15.4 Å². The van der Waals surface area contributed by atoms with E-state index >= 15 is 0 Å². The van der Waals surface area contributed by atoms with Gasteiger partial charge in [-0.25, -0.2) is 30.0 Å². The Labute approximate surface area is 307 Å². The number of amides is 2. The number of nitrogens with one attached hydrogen (secondary N) is 3. The summed E-state index contributed by atoms with van der Waals surface area (Å²) in [5.74, 6) is 0. The second-order valence-electron chi connectivity index (χ2n) is 9.19. The molecule has 222 valence electrons. The van der Waals surface area contributed by atoms with Crippen molar-refractivity contribution >= 4 is 86.5 Å². The van der Waals surface area contributed by atoms with Gasteiger partial charge in [0.1, 0.15) is 20.2 Å². The maximum absolute atomic E-state index is 13.0. The molecule has 0 aliphatic carbocycles. The molecule has 0 spiro atoms. The number of urea groups is 1. The molecular weight excluding hydrogens is 688 g/mol. The molecule has 0 radical (unpaired) electrons. The Bertz CT molecular complexity index is 2290. The third kappa shape index (κ3) is 8.97. The maximum Gasteiger partial charge on any atom is 1.00 e. The van der Waals surface area contributed by atoms with E-state index in [-0.39, 0.29) is 74.7 Å². The first-order valence-electron chi connectivity index (χ1n) is 12.0. The van der Waals surface area contributed by atoms with Crippen LogP contribution in [0.3, 0.4) is 0 Å². The average Bonchev–Trinajstić information content (AvgIpc) is 2.92. The fraction of sp³-hybridized carbons (Fsp3) is 0. The molecule has 0 bridgehead atoms. The fourth-order valence-corrected chi connectivity index (χ4v) is 6.76. The number of carbonyl (C=O) groups excluding carboxylic acids is 1. The number of hydrogen-bond acceptors (Lipinski definition) is 9. The predicted octanol–water partition coefficient (Wildman–Crippen LogP) is -1.09. The normalized spacial score (nSPS) is 11.7. The van der Waals surface area contributed by atoms with Crippen LogP contribution in [0.1, 0.15) is 0 Å². The monoisotopic (exact) mass is 705 g/mol. The molecule has 0 aromatic heterocycles. The summed E-state index contributed by atoms with van der Waals surface area (Å²) in [6, 6.07) is 20.1. The fourth-order valence-electron chi connectivity index (χ4n) is 4.19. The Hall–Kier alpha value is -2.25. The van der Waals surface area contributed by atoms with Crippen LogP contribution < -0.4 is 74.5 Å². The molecule has 0 unspecified atom stereocenters. The molecule has 0 saturated heterocycles. The number of carbonyl (C=O) groups is 1. The van der Waals surface area contributed by atoms with Crippen molar-refractivity contribution in [3.05, 3.63) is 96.0 Å². The Balaban J connectivity index is 0.00000276. The van der Waals surface area contributed by atoms with E-state index in [1.807, 2.05) is 0 Å². The summed E-state index contributed by atoms with van der Waals surface area (Å²) in [5, 5.41) is 7.06. The van der Waals surface area contributed by atoms with E-state index in [1.165, 1.54) is 54.6 Å². The summed E-state index contributed by atoms with van der Waals surface area (Å²) in [7, 11) is -13.8. The van der Waals surface area contributed by atoms with Crippen LogP contribution in [0, 0.1) is 0 Å². The molecule has 0 aliphatic heterocycles. The SMILES string of the molecule is O=C(Nc1ccc2ccc(S(=O)(=O)[O-])cc2c1)Nc1ccc2ccc(S(=O)(=O)Nc3ccc(Cl)c(S(=O)(=O)[O-])c3)cc2c1.[Na+].[Na+]. The molecule has 0 aliphatic rings. The van der Waals surface area contributed by atoms with Gasteiger partial charge in [-0.05, 0) is 88.3 Å². The van der Waals surface area contributed by atoms with E-state index in [4.69, 9.17) is 11.6 Å². The minimum Gasteiger partial charge on any atom is -0.744 e. The van der Waals surface area contributed by atoms with Gasteiger partial charge in [0.25, 0.3) is 10.0 Å². The van der Waals surface area contributed by atoms with Crippen molar-refractivity contribution in [2.24, 2.45) is 0 Å². The van der Waals surface area contributed by atoms with Crippen LogP contribution in [0.2, 0.25) is 5.02 Å². The average molecular weight is 706 g/mol. The number of rotatable bonds is 7. The number of hydrogen-bond donors (Lipinski definition) is 3. The zero-order chi connectivity index (χ0) is 31.2. The second kappa shape index (κ2) is 14.3. The van der Waals surface area contributed by atoms with Gasteiger partial charge in [0.05, 0.1) is 25.4 Å². The molecule has 5 rings (SSSR count). The van der Waals surface area contributed by atoms with Gasteiger partial charge in [0.15, 0.2) is 0 Å². The molecular formula is C27H18ClN3Na2O9S3. The van der Waals surface area contributed by atoms with Crippen LogP contribution in [0.4, 0.5) is 21.9 Å². The number of benzene rings is 5. The Morgan fingerprint density at radius 2 is 1.02 bits per heavy atom. The largest absolute Gasteiger partial charge is 1.00 e. The van der Waals surface area contributed by atoms with Gasteiger partial charge < -0.3 is 19.7 Å².